The zero-order chi connectivity index (χ0) is 20.8. The Morgan fingerprint density at radius 3 is 2.69 bits per heavy atom. The lowest BCUT2D eigenvalue weighted by Gasteiger charge is -2.29. The smallest absolute Gasteiger partial charge is 0.319 e. The van der Waals surface area contributed by atoms with Gasteiger partial charge in [0.2, 0.25) is 5.95 Å². The molecule has 1 aromatic heterocycles. The lowest BCUT2D eigenvalue weighted by Crippen LogP contribution is -2.36. The highest BCUT2D eigenvalue weighted by molar-refractivity contribution is 6.31. The van der Waals surface area contributed by atoms with Crippen LogP contribution in [0.1, 0.15) is 31.2 Å². The van der Waals surface area contributed by atoms with Crippen LogP contribution < -0.4 is 20.9 Å². The van der Waals surface area contributed by atoms with Crippen LogP contribution in [0.5, 0.6) is 0 Å². The highest BCUT2D eigenvalue weighted by Gasteiger charge is 2.22. The van der Waals surface area contributed by atoms with Crippen LogP contribution in [0.4, 0.5) is 22.2 Å². The van der Waals surface area contributed by atoms with Crippen molar-refractivity contribution in [3.05, 3.63) is 41.0 Å². The van der Waals surface area contributed by atoms with E-state index in [-0.39, 0.29) is 6.03 Å². The number of carbonyl (C=O) groups is 1. The van der Waals surface area contributed by atoms with Gasteiger partial charge in [-0.05, 0) is 62.3 Å². The molecule has 0 aliphatic heterocycles. The molecule has 0 bridgehead atoms. The molecule has 1 aromatic carbocycles. The maximum absolute atomic E-state index is 12.2. The van der Waals surface area contributed by atoms with E-state index in [1.807, 2.05) is 50.2 Å². The summed E-state index contributed by atoms with van der Waals surface area (Å²) in [4.78, 5) is 23.0. The van der Waals surface area contributed by atoms with E-state index in [9.17, 15) is 4.79 Å². The summed E-state index contributed by atoms with van der Waals surface area (Å²) < 4.78 is 0. The van der Waals surface area contributed by atoms with Crippen molar-refractivity contribution in [2.24, 2.45) is 5.92 Å². The molecule has 1 saturated carbocycles. The van der Waals surface area contributed by atoms with E-state index in [1.165, 1.54) is 0 Å². The topological polar surface area (TPSA) is 82.2 Å². The Balaban J connectivity index is 1.41. The van der Waals surface area contributed by atoms with E-state index >= 15 is 0 Å². The van der Waals surface area contributed by atoms with Crippen LogP contribution in [0, 0.1) is 12.8 Å². The van der Waals surface area contributed by atoms with Crippen molar-refractivity contribution in [2.45, 2.75) is 38.6 Å². The normalized spacial score (nSPS) is 18.8. The molecule has 8 heteroatoms. The minimum Gasteiger partial charge on any atom is -0.363 e. The predicted octanol–water partition coefficient (Wildman–Crippen LogP) is 4.30. The zero-order valence-corrected chi connectivity index (χ0v) is 18.0. The van der Waals surface area contributed by atoms with Gasteiger partial charge in [0, 0.05) is 43.6 Å². The van der Waals surface area contributed by atoms with E-state index in [0.717, 1.165) is 42.8 Å². The molecule has 0 unspecified atom stereocenters. The molecule has 0 atom stereocenters. The first-order chi connectivity index (χ1) is 13.9. The molecule has 1 aliphatic rings. The first-order valence-corrected chi connectivity index (χ1v) is 10.4. The van der Waals surface area contributed by atoms with Gasteiger partial charge in [0.05, 0.1) is 0 Å². The number of aromatic nitrogens is 2. The van der Waals surface area contributed by atoms with E-state index in [2.05, 4.69) is 25.9 Å². The Labute approximate surface area is 177 Å². The third kappa shape index (κ3) is 5.97. The van der Waals surface area contributed by atoms with E-state index in [4.69, 9.17) is 11.6 Å². The van der Waals surface area contributed by atoms with Gasteiger partial charge in [-0.15, -0.1) is 0 Å². The molecule has 1 fully saturated rings. The number of carbonyl (C=O) groups excluding carboxylic acids is 1. The summed E-state index contributed by atoms with van der Waals surface area (Å²) in [6, 6.07) is 7.57. The maximum Gasteiger partial charge on any atom is 0.319 e. The van der Waals surface area contributed by atoms with Gasteiger partial charge >= 0.3 is 6.03 Å². The van der Waals surface area contributed by atoms with Gasteiger partial charge in [-0.25, -0.2) is 9.78 Å². The summed E-state index contributed by atoms with van der Waals surface area (Å²) in [6.07, 6.45) is 5.97. The molecule has 3 N–H and O–H groups in total. The number of nitrogens with zero attached hydrogens (tertiary/aromatic N) is 3. The van der Waals surface area contributed by atoms with Crippen LogP contribution in [-0.2, 0) is 0 Å². The van der Waals surface area contributed by atoms with Crippen molar-refractivity contribution in [3.8, 4) is 0 Å². The molecule has 29 heavy (non-hydrogen) atoms. The number of urea groups is 1. The molecule has 2 aromatic rings. The number of amides is 2. The molecule has 1 aliphatic carbocycles. The Kier molecular flexibility index (Phi) is 7.14. The molecule has 156 valence electrons. The Morgan fingerprint density at radius 1 is 1.21 bits per heavy atom. The second-order valence-electron chi connectivity index (χ2n) is 7.74. The highest BCUT2D eigenvalue weighted by Crippen LogP contribution is 2.26. The summed E-state index contributed by atoms with van der Waals surface area (Å²) in [6.45, 7) is 2.56. The second-order valence-corrected chi connectivity index (χ2v) is 8.15. The number of hydrogen-bond acceptors (Lipinski definition) is 5. The number of benzene rings is 1. The van der Waals surface area contributed by atoms with Gasteiger partial charge in [0.25, 0.3) is 0 Å². The van der Waals surface area contributed by atoms with Gasteiger partial charge in [0.1, 0.15) is 5.82 Å². The lowest BCUT2D eigenvalue weighted by atomic mass is 9.86. The molecule has 7 nitrogen and oxygen atoms in total. The fourth-order valence-electron chi connectivity index (χ4n) is 3.51. The lowest BCUT2D eigenvalue weighted by molar-refractivity contribution is 0.246. The minimum absolute atomic E-state index is 0.190. The van der Waals surface area contributed by atoms with E-state index in [0.29, 0.717) is 29.5 Å². The fourth-order valence-corrected chi connectivity index (χ4v) is 3.68. The van der Waals surface area contributed by atoms with Crippen molar-refractivity contribution in [2.75, 3.05) is 36.2 Å². The highest BCUT2D eigenvalue weighted by atomic mass is 35.5. The van der Waals surface area contributed by atoms with E-state index < -0.39 is 0 Å². The predicted molar refractivity (Wildman–Crippen MR) is 119 cm³/mol. The number of hydrogen-bond donors (Lipinski definition) is 3. The molecule has 1 heterocycles. The van der Waals surface area contributed by atoms with Crippen molar-refractivity contribution in [1.82, 2.24) is 15.3 Å². The summed E-state index contributed by atoms with van der Waals surface area (Å²) in [5, 5.41) is 9.96. The first-order valence-electron chi connectivity index (χ1n) is 9.99. The van der Waals surface area contributed by atoms with Crippen molar-refractivity contribution < 1.29 is 4.79 Å². The minimum atomic E-state index is -0.190. The third-order valence-electron chi connectivity index (χ3n) is 5.35. The average molecular weight is 417 g/mol. The SMILES string of the molecule is Cc1c(Cl)cccc1NC(=O)NC[C@H]1CC[C@@H](Nc2nccc(N(C)C)n2)CC1. The van der Waals surface area contributed by atoms with Crippen LogP contribution >= 0.6 is 11.6 Å². The summed E-state index contributed by atoms with van der Waals surface area (Å²) in [5.74, 6) is 2.05. The van der Waals surface area contributed by atoms with Gasteiger partial charge in [-0.2, -0.15) is 4.98 Å². The van der Waals surface area contributed by atoms with Gasteiger partial charge in [-0.3, -0.25) is 0 Å². The van der Waals surface area contributed by atoms with Crippen molar-refractivity contribution >= 4 is 35.1 Å². The van der Waals surface area contributed by atoms with Gasteiger partial charge < -0.3 is 20.9 Å². The van der Waals surface area contributed by atoms with E-state index in [1.54, 1.807) is 6.20 Å². The molecular formula is C21H29ClN6O. The summed E-state index contributed by atoms with van der Waals surface area (Å²) >= 11 is 6.10. The third-order valence-corrected chi connectivity index (χ3v) is 5.76. The average Bonchev–Trinajstić information content (AvgIpc) is 2.71. The molecule has 2 amide bonds. The number of rotatable bonds is 6. The second kappa shape index (κ2) is 9.78. The van der Waals surface area contributed by atoms with Crippen LogP contribution in [0.25, 0.3) is 0 Å². The Hall–Kier alpha value is -2.54. The van der Waals surface area contributed by atoms with Gasteiger partial charge in [0.15, 0.2) is 0 Å². The fraction of sp³-hybridized carbons (Fsp3) is 0.476. The maximum atomic E-state index is 12.2. The van der Waals surface area contributed by atoms with Crippen LogP contribution in [-0.4, -0.2) is 42.7 Å². The monoisotopic (exact) mass is 416 g/mol. The summed E-state index contributed by atoms with van der Waals surface area (Å²) in [7, 11) is 3.93. The van der Waals surface area contributed by atoms with Crippen molar-refractivity contribution in [3.63, 3.8) is 0 Å². The largest absolute Gasteiger partial charge is 0.363 e. The standard InChI is InChI=1S/C21H29ClN6O/c1-14-17(22)5-4-6-18(14)26-21(29)24-13-15-7-9-16(10-8-15)25-20-23-12-11-19(27-20)28(2)3/h4-6,11-12,15-16H,7-10,13H2,1-3H3,(H,23,25,27)(H2,24,26,29)/t15-,16+. The van der Waals surface area contributed by atoms with Crippen LogP contribution in [0.15, 0.2) is 30.5 Å². The molecule has 0 saturated heterocycles. The molecule has 0 radical (unpaired) electrons. The molecular weight excluding hydrogens is 388 g/mol. The Morgan fingerprint density at radius 2 is 1.97 bits per heavy atom. The van der Waals surface area contributed by atoms with Crippen molar-refractivity contribution in [1.29, 1.82) is 0 Å². The number of halogens is 1. The van der Waals surface area contributed by atoms with Crippen LogP contribution in [0.3, 0.4) is 0 Å². The van der Waals surface area contributed by atoms with Gasteiger partial charge in [-0.1, -0.05) is 17.7 Å². The Bertz CT molecular complexity index is 836. The zero-order valence-electron chi connectivity index (χ0n) is 17.2. The number of anilines is 3. The first kappa shape index (κ1) is 21.2. The summed E-state index contributed by atoms with van der Waals surface area (Å²) in [5.41, 5.74) is 1.61. The molecule has 3 rings (SSSR count). The quantitative estimate of drug-likeness (QED) is 0.654. The van der Waals surface area contributed by atoms with Crippen LogP contribution in [0.2, 0.25) is 5.02 Å². The number of nitrogens with one attached hydrogen (secondary N) is 3. The molecule has 0 spiro atoms.